The number of rotatable bonds is 12. The first kappa shape index (κ1) is 30.6. The summed E-state index contributed by atoms with van der Waals surface area (Å²) < 4.78 is 15.5. The van der Waals surface area contributed by atoms with E-state index in [4.69, 9.17) is 19.2 Å². The maximum atomic E-state index is 13.3. The van der Waals surface area contributed by atoms with Crippen LogP contribution < -0.4 is 20.9 Å². The van der Waals surface area contributed by atoms with E-state index in [-0.39, 0.29) is 36.9 Å². The molecule has 1 saturated heterocycles. The van der Waals surface area contributed by atoms with Crippen LogP contribution in [0.25, 0.3) is 0 Å². The van der Waals surface area contributed by atoms with Crippen molar-refractivity contribution in [1.82, 2.24) is 25.9 Å². The van der Waals surface area contributed by atoms with Gasteiger partial charge in [0.05, 0.1) is 31.9 Å². The summed E-state index contributed by atoms with van der Waals surface area (Å²) in [4.78, 5) is 49.6. The van der Waals surface area contributed by atoms with E-state index in [2.05, 4.69) is 25.8 Å². The highest BCUT2D eigenvalue weighted by Crippen LogP contribution is 2.42. The predicted molar refractivity (Wildman–Crippen MR) is 145 cm³/mol. The van der Waals surface area contributed by atoms with Crippen LogP contribution in [-0.4, -0.2) is 86.1 Å². The standard InChI is InChI=1S/C27H44N6O6/c1-27(2,3)39-26(36)30-17-19-15-23(32-22(31-19)16-24(34)28-10-12-37-4)33-20-9-7-6-8-18(20)14-21(33)25(35)29-11-13-38-5/h15,18,20-21H,6-14,16-17H2,1-5H3,(H,28,34)(H,29,35)(H,30,36)/t18-,20-,21-/m0/s1. The summed E-state index contributed by atoms with van der Waals surface area (Å²) in [5, 5.41) is 8.52. The summed E-state index contributed by atoms with van der Waals surface area (Å²) in [6.07, 6.45) is 4.41. The molecule has 0 spiro atoms. The van der Waals surface area contributed by atoms with E-state index >= 15 is 0 Å². The third kappa shape index (κ3) is 9.31. The number of carbonyl (C=O) groups is 3. The average Bonchev–Trinajstić information content (AvgIpc) is 3.26. The molecular formula is C27H44N6O6. The van der Waals surface area contributed by atoms with Gasteiger partial charge in [0.1, 0.15) is 23.3 Å². The Morgan fingerprint density at radius 1 is 1.00 bits per heavy atom. The van der Waals surface area contributed by atoms with Crippen LogP contribution in [0.2, 0.25) is 0 Å². The second-order valence-electron chi connectivity index (χ2n) is 11.1. The van der Waals surface area contributed by atoms with Gasteiger partial charge in [-0.05, 0) is 46.0 Å². The molecule has 0 radical (unpaired) electrons. The van der Waals surface area contributed by atoms with Gasteiger partial charge in [-0.1, -0.05) is 12.8 Å². The topological polar surface area (TPSA) is 144 Å². The van der Waals surface area contributed by atoms with Gasteiger partial charge >= 0.3 is 6.09 Å². The second kappa shape index (κ2) is 14.4. The lowest BCUT2D eigenvalue weighted by Crippen LogP contribution is -2.48. The van der Waals surface area contributed by atoms with E-state index in [1.54, 1.807) is 41.1 Å². The number of nitrogens with zero attached hydrogens (tertiary/aromatic N) is 3. The zero-order chi connectivity index (χ0) is 28.4. The molecule has 218 valence electrons. The summed E-state index contributed by atoms with van der Waals surface area (Å²) in [5.74, 6) is 0.998. The fourth-order valence-electron chi connectivity index (χ4n) is 5.23. The molecule has 12 nitrogen and oxygen atoms in total. The molecular weight excluding hydrogens is 504 g/mol. The first-order chi connectivity index (χ1) is 18.6. The molecule has 2 heterocycles. The lowest BCUT2D eigenvalue weighted by molar-refractivity contribution is -0.122. The van der Waals surface area contributed by atoms with Gasteiger partial charge < -0.3 is 35.1 Å². The minimum atomic E-state index is -0.638. The molecule has 3 amide bonds. The lowest BCUT2D eigenvalue weighted by atomic mass is 9.84. The number of carbonyl (C=O) groups excluding carboxylic acids is 3. The van der Waals surface area contributed by atoms with Gasteiger partial charge in [0, 0.05) is 39.4 Å². The van der Waals surface area contributed by atoms with Gasteiger partial charge in [0.25, 0.3) is 0 Å². The zero-order valence-corrected chi connectivity index (χ0v) is 23.9. The molecule has 3 N–H and O–H groups in total. The molecule has 3 rings (SSSR count). The quantitative estimate of drug-likeness (QED) is 0.333. The third-order valence-corrected chi connectivity index (χ3v) is 6.83. The molecule has 39 heavy (non-hydrogen) atoms. The Bertz CT molecular complexity index is 984. The molecule has 2 fully saturated rings. The van der Waals surface area contributed by atoms with Crippen molar-refractivity contribution >= 4 is 23.7 Å². The summed E-state index contributed by atoms with van der Waals surface area (Å²) in [5.41, 5.74) is -0.107. The maximum absolute atomic E-state index is 13.3. The van der Waals surface area contributed by atoms with Gasteiger partial charge in [-0.15, -0.1) is 0 Å². The molecule has 12 heteroatoms. The predicted octanol–water partition coefficient (Wildman–Crippen LogP) is 1.71. The van der Waals surface area contributed by atoms with E-state index in [0.717, 1.165) is 32.1 Å². The number of ether oxygens (including phenoxy) is 3. The molecule has 2 aliphatic rings. The molecule has 0 aromatic carbocycles. The number of alkyl carbamates (subject to hydrolysis) is 1. The molecule has 1 aliphatic heterocycles. The lowest BCUT2D eigenvalue weighted by Gasteiger charge is -2.34. The van der Waals surface area contributed by atoms with Gasteiger partial charge in [0.2, 0.25) is 11.8 Å². The molecule has 0 unspecified atom stereocenters. The van der Waals surface area contributed by atoms with Crippen LogP contribution in [0, 0.1) is 5.92 Å². The number of amides is 3. The van der Waals surface area contributed by atoms with Crippen molar-refractivity contribution in [1.29, 1.82) is 0 Å². The summed E-state index contributed by atoms with van der Waals surface area (Å²) in [7, 11) is 3.17. The van der Waals surface area contributed by atoms with Crippen molar-refractivity contribution < 1.29 is 28.6 Å². The van der Waals surface area contributed by atoms with Crippen molar-refractivity contribution in [2.75, 3.05) is 45.4 Å². The molecule has 1 aromatic rings. The van der Waals surface area contributed by atoms with Crippen molar-refractivity contribution in [2.45, 2.75) is 83.5 Å². The van der Waals surface area contributed by atoms with Crippen LogP contribution >= 0.6 is 0 Å². The van der Waals surface area contributed by atoms with Gasteiger partial charge in [0.15, 0.2) is 0 Å². The van der Waals surface area contributed by atoms with Gasteiger partial charge in [-0.25, -0.2) is 14.8 Å². The number of anilines is 1. The van der Waals surface area contributed by atoms with Crippen molar-refractivity contribution in [2.24, 2.45) is 5.92 Å². The van der Waals surface area contributed by atoms with Crippen molar-refractivity contribution in [3.05, 3.63) is 17.6 Å². The van der Waals surface area contributed by atoms with Crippen molar-refractivity contribution in [3.8, 4) is 0 Å². The molecule has 0 bridgehead atoms. The van der Waals surface area contributed by atoms with Crippen molar-refractivity contribution in [3.63, 3.8) is 0 Å². The normalized spacial score (nSPS) is 20.7. The Morgan fingerprint density at radius 2 is 1.69 bits per heavy atom. The second-order valence-corrected chi connectivity index (χ2v) is 11.1. The fraction of sp³-hybridized carbons (Fsp3) is 0.741. The highest BCUT2D eigenvalue weighted by molar-refractivity contribution is 5.86. The highest BCUT2D eigenvalue weighted by Gasteiger charge is 2.46. The Balaban J connectivity index is 1.89. The summed E-state index contributed by atoms with van der Waals surface area (Å²) >= 11 is 0. The molecule has 1 aliphatic carbocycles. The molecule has 3 atom stereocenters. The number of hydrogen-bond acceptors (Lipinski definition) is 9. The number of fused-ring (bicyclic) bond motifs is 1. The monoisotopic (exact) mass is 548 g/mol. The van der Waals surface area contributed by atoms with Crippen LogP contribution in [-0.2, 0) is 36.8 Å². The Labute approximate surface area is 230 Å². The van der Waals surface area contributed by atoms with E-state index < -0.39 is 11.7 Å². The Morgan fingerprint density at radius 3 is 2.38 bits per heavy atom. The van der Waals surface area contributed by atoms with E-state index in [1.807, 2.05) is 0 Å². The maximum Gasteiger partial charge on any atom is 0.407 e. The minimum Gasteiger partial charge on any atom is -0.444 e. The van der Waals surface area contributed by atoms with Gasteiger partial charge in [-0.2, -0.15) is 0 Å². The van der Waals surface area contributed by atoms with E-state index in [1.165, 1.54) is 0 Å². The Kier molecular flexibility index (Phi) is 11.3. The number of methoxy groups -OCH3 is 2. The number of aromatic nitrogens is 2. The summed E-state index contributed by atoms with van der Waals surface area (Å²) in [6, 6.07) is 1.58. The SMILES string of the molecule is COCCNC(=O)Cc1nc(CNC(=O)OC(C)(C)C)cc(N2[C@H](C(=O)NCCOC)C[C@@H]3CCCC[C@@H]32)n1. The van der Waals surface area contributed by atoms with E-state index in [9.17, 15) is 14.4 Å². The first-order valence-electron chi connectivity index (χ1n) is 13.8. The average molecular weight is 549 g/mol. The summed E-state index contributed by atoms with van der Waals surface area (Å²) in [6.45, 7) is 7.11. The van der Waals surface area contributed by atoms with Crippen LogP contribution in [0.3, 0.4) is 0 Å². The smallest absolute Gasteiger partial charge is 0.407 e. The van der Waals surface area contributed by atoms with Crippen LogP contribution in [0.4, 0.5) is 10.6 Å². The van der Waals surface area contributed by atoms with Crippen LogP contribution in [0.15, 0.2) is 6.07 Å². The van der Waals surface area contributed by atoms with Crippen LogP contribution in [0.5, 0.6) is 0 Å². The molecule has 1 saturated carbocycles. The molecule has 1 aromatic heterocycles. The largest absolute Gasteiger partial charge is 0.444 e. The van der Waals surface area contributed by atoms with Crippen LogP contribution in [0.1, 0.15) is 64.4 Å². The highest BCUT2D eigenvalue weighted by atomic mass is 16.6. The number of nitrogens with one attached hydrogen (secondary N) is 3. The zero-order valence-electron chi connectivity index (χ0n) is 23.9. The van der Waals surface area contributed by atoms with E-state index in [0.29, 0.717) is 49.6 Å². The number of hydrogen-bond donors (Lipinski definition) is 3. The minimum absolute atomic E-state index is 0.0381. The third-order valence-electron chi connectivity index (χ3n) is 6.83. The first-order valence-corrected chi connectivity index (χ1v) is 13.8. The fourth-order valence-corrected chi connectivity index (χ4v) is 5.23. The van der Waals surface area contributed by atoms with Gasteiger partial charge in [-0.3, -0.25) is 9.59 Å². The Hall–Kier alpha value is -2.99.